The molecule has 1 atom stereocenters. The Morgan fingerprint density at radius 1 is 1.56 bits per heavy atom. The molecule has 2 aromatic rings. The fraction of sp³-hybridized carbons (Fsp3) is 0.333. The van der Waals surface area contributed by atoms with Crippen LogP contribution in [0.4, 0.5) is 0 Å². The number of carbonyl (C=O) groups is 1. The first-order chi connectivity index (χ1) is 8.60. The molecule has 0 aliphatic rings. The number of benzene rings is 1. The number of nitrogens with one attached hydrogen (secondary N) is 1. The summed E-state index contributed by atoms with van der Waals surface area (Å²) in [6.45, 7) is 2.04. The molecular formula is C12H14N2O4. The van der Waals surface area contributed by atoms with Gasteiger partial charge in [-0.3, -0.25) is 9.78 Å². The van der Waals surface area contributed by atoms with E-state index in [9.17, 15) is 9.59 Å². The molecule has 0 saturated carbocycles. The van der Waals surface area contributed by atoms with Crippen molar-refractivity contribution < 1.29 is 13.9 Å². The van der Waals surface area contributed by atoms with Gasteiger partial charge >= 0.3 is 11.7 Å². The standard InChI is InChI=1S/C12H14N2O4/c1-2-17-11(15)8(13)5-7-3-4-10-9(6-7)14-12(16)18-10/h3-4,6,8H,2,5,13H2,1H3,(H,14,16)/t8-/m0/s1. The third-order valence-electron chi connectivity index (χ3n) is 2.53. The maximum atomic E-state index is 11.4. The van der Waals surface area contributed by atoms with Gasteiger partial charge in [-0.05, 0) is 31.0 Å². The molecule has 0 bridgehead atoms. The van der Waals surface area contributed by atoms with Crippen LogP contribution < -0.4 is 11.5 Å². The number of hydrogen-bond acceptors (Lipinski definition) is 5. The Hall–Kier alpha value is -2.08. The minimum atomic E-state index is -0.707. The van der Waals surface area contributed by atoms with Gasteiger partial charge in [0.1, 0.15) is 6.04 Å². The van der Waals surface area contributed by atoms with E-state index in [-0.39, 0.29) is 0 Å². The van der Waals surface area contributed by atoms with Gasteiger partial charge in [0.05, 0.1) is 12.1 Å². The van der Waals surface area contributed by atoms with Crippen LogP contribution in [-0.2, 0) is 16.0 Å². The summed E-state index contributed by atoms with van der Waals surface area (Å²) in [4.78, 5) is 24.9. The van der Waals surface area contributed by atoms with E-state index in [1.54, 1.807) is 25.1 Å². The lowest BCUT2D eigenvalue weighted by Gasteiger charge is -2.10. The third kappa shape index (κ3) is 2.60. The van der Waals surface area contributed by atoms with Gasteiger partial charge < -0.3 is 14.9 Å². The number of nitrogens with two attached hydrogens (primary N) is 1. The van der Waals surface area contributed by atoms with Gasteiger partial charge in [-0.1, -0.05) is 6.07 Å². The largest absolute Gasteiger partial charge is 0.465 e. The monoisotopic (exact) mass is 250 g/mol. The van der Waals surface area contributed by atoms with Crippen LogP contribution in [0.15, 0.2) is 27.4 Å². The predicted octanol–water partition coefficient (Wildman–Crippen LogP) is 0.554. The molecule has 0 aliphatic carbocycles. The number of rotatable bonds is 4. The molecule has 18 heavy (non-hydrogen) atoms. The average Bonchev–Trinajstić information content (AvgIpc) is 2.68. The molecule has 3 N–H and O–H groups in total. The van der Waals surface area contributed by atoms with Crippen LogP contribution in [0.5, 0.6) is 0 Å². The van der Waals surface area contributed by atoms with E-state index in [1.807, 2.05) is 0 Å². The number of carbonyl (C=O) groups excluding carboxylic acids is 1. The Bertz CT molecular complexity index is 614. The zero-order valence-corrected chi connectivity index (χ0v) is 9.93. The highest BCUT2D eigenvalue weighted by Crippen LogP contribution is 2.13. The molecule has 0 aliphatic heterocycles. The van der Waals surface area contributed by atoms with Crippen LogP contribution >= 0.6 is 0 Å². The van der Waals surface area contributed by atoms with Crippen molar-refractivity contribution in [3.8, 4) is 0 Å². The molecule has 0 amide bonds. The molecular weight excluding hydrogens is 236 g/mol. The van der Waals surface area contributed by atoms with Crippen molar-refractivity contribution >= 4 is 17.1 Å². The minimum Gasteiger partial charge on any atom is -0.465 e. The van der Waals surface area contributed by atoms with E-state index in [0.29, 0.717) is 24.1 Å². The molecule has 96 valence electrons. The Balaban J connectivity index is 2.16. The zero-order chi connectivity index (χ0) is 13.1. The number of fused-ring (bicyclic) bond motifs is 1. The Morgan fingerprint density at radius 3 is 3.06 bits per heavy atom. The smallest absolute Gasteiger partial charge is 0.417 e. The van der Waals surface area contributed by atoms with Crippen molar-refractivity contribution in [3.05, 3.63) is 34.3 Å². The van der Waals surface area contributed by atoms with Gasteiger partial charge in [0.25, 0.3) is 0 Å². The second-order valence-electron chi connectivity index (χ2n) is 3.91. The number of ether oxygens (including phenoxy) is 1. The molecule has 1 heterocycles. The molecule has 0 saturated heterocycles. The zero-order valence-electron chi connectivity index (χ0n) is 9.93. The van der Waals surface area contributed by atoms with Crippen LogP contribution in [0, 0.1) is 0 Å². The third-order valence-corrected chi connectivity index (χ3v) is 2.53. The Labute approximate surface area is 103 Å². The summed E-state index contributed by atoms with van der Waals surface area (Å²) in [6, 6.07) is 4.46. The van der Waals surface area contributed by atoms with Gasteiger partial charge in [0, 0.05) is 0 Å². The number of H-pyrrole nitrogens is 1. The quantitative estimate of drug-likeness (QED) is 0.772. The van der Waals surface area contributed by atoms with Gasteiger partial charge in [0.15, 0.2) is 5.58 Å². The second kappa shape index (κ2) is 5.05. The Kier molecular flexibility index (Phi) is 3.47. The summed E-state index contributed by atoms with van der Waals surface area (Å²) in [5, 5.41) is 0. The number of hydrogen-bond donors (Lipinski definition) is 2. The van der Waals surface area contributed by atoms with Crippen molar-refractivity contribution in [1.82, 2.24) is 4.98 Å². The fourth-order valence-corrected chi connectivity index (χ4v) is 1.71. The number of esters is 1. The van der Waals surface area contributed by atoms with Crippen LogP contribution in [-0.4, -0.2) is 23.6 Å². The van der Waals surface area contributed by atoms with Crippen LogP contribution in [0.1, 0.15) is 12.5 Å². The molecule has 1 aromatic heterocycles. The van der Waals surface area contributed by atoms with Crippen LogP contribution in [0.2, 0.25) is 0 Å². The fourth-order valence-electron chi connectivity index (χ4n) is 1.71. The second-order valence-corrected chi connectivity index (χ2v) is 3.91. The van der Waals surface area contributed by atoms with E-state index >= 15 is 0 Å². The maximum Gasteiger partial charge on any atom is 0.417 e. The van der Waals surface area contributed by atoms with E-state index in [1.165, 1.54) is 0 Å². The summed E-state index contributed by atoms with van der Waals surface area (Å²) < 4.78 is 9.71. The maximum absolute atomic E-state index is 11.4. The van der Waals surface area contributed by atoms with E-state index < -0.39 is 17.8 Å². The van der Waals surface area contributed by atoms with Crippen molar-refractivity contribution in [2.24, 2.45) is 5.73 Å². The highest BCUT2D eigenvalue weighted by molar-refractivity contribution is 5.77. The van der Waals surface area contributed by atoms with Gasteiger partial charge in [-0.2, -0.15) is 0 Å². The minimum absolute atomic E-state index is 0.306. The summed E-state index contributed by atoms with van der Waals surface area (Å²) in [5.41, 5.74) is 7.62. The molecule has 6 nitrogen and oxygen atoms in total. The summed E-state index contributed by atoms with van der Waals surface area (Å²) in [6.07, 6.45) is 0.349. The molecule has 2 rings (SSSR count). The van der Waals surface area contributed by atoms with E-state index in [4.69, 9.17) is 14.9 Å². The van der Waals surface area contributed by atoms with Gasteiger partial charge in [-0.25, -0.2) is 4.79 Å². The molecule has 6 heteroatoms. The first-order valence-corrected chi connectivity index (χ1v) is 5.64. The van der Waals surface area contributed by atoms with Crippen molar-refractivity contribution in [3.63, 3.8) is 0 Å². The van der Waals surface area contributed by atoms with Gasteiger partial charge in [0.2, 0.25) is 0 Å². The van der Waals surface area contributed by atoms with Crippen molar-refractivity contribution in [1.29, 1.82) is 0 Å². The normalized spacial score (nSPS) is 12.6. The molecule has 0 radical (unpaired) electrons. The number of aromatic amines is 1. The first kappa shape index (κ1) is 12.4. The summed E-state index contributed by atoms with van der Waals surface area (Å²) >= 11 is 0. The topological polar surface area (TPSA) is 98.3 Å². The lowest BCUT2D eigenvalue weighted by Crippen LogP contribution is -2.34. The lowest BCUT2D eigenvalue weighted by atomic mass is 10.1. The van der Waals surface area contributed by atoms with Crippen LogP contribution in [0.3, 0.4) is 0 Å². The molecule has 0 unspecified atom stereocenters. The molecule has 0 fully saturated rings. The summed E-state index contributed by atoms with van der Waals surface area (Å²) in [7, 11) is 0. The lowest BCUT2D eigenvalue weighted by molar-refractivity contribution is -0.144. The summed E-state index contributed by atoms with van der Waals surface area (Å²) in [5.74, 6) is -0.935. The first-order valence-electron chi connectivity index (χ1n) is 5.64. The number of aromatic nitrogens is 1. The Morgan fingerprint density at radius 2 is 2.33 bits per heavy atom. The van der Waals surface area contributed by atoms with E-state index in [0.717, 1.165) is 5.56 Å². The van der Waals surface area contributed by atoms with E-state index in [2.05, 4.69) is 4.98 Å². The van der Waals surface area contributed by atoms with Gasteiger partial charge in [-0.15, -0.1) is 0 Å². The van der Waals surface area contributed by atoms with Crippen LogP contribution in [0.25, 0.3) is 11.1 Å². The molecule has 0 spiro atoms. The predicted molar refractivity (Wildman–Crippen MR) is 65.1 cm³/mol. The highest BCUT2D eigenvalue weighted by atomic mass is 16.5. The highest BCUT2D eigenvalue weighted by Gasteiger charge is 2.15. The number of oxazole rings is 1. The average molecular weight is 250 g/mol. The van der Waals surface area contributed by atoms with Crippen molar-refractivity contribution in [2.75, 3.05) is 6.61 Å². The molecule has 1 aromatic carbocycles. The van der Waals surface area contributed by atoms with Crippen molar-refractivity contribution in [2.45, 2.75) is 19.4 Å². The SMILES string of the molecule is CCOC(=O)[C@@H](N)Cc1ccc2oc(=O)[nH]c2c1.